The number of rotatable bonds is 5. The van der Waals surface area contributed by atoms with Crippen LogP contribution in [-0.2, 0) is 6.54 Å². The lowest BCUT2D eigenvalue weighted by Gasteiger charge is -1.98. The molecule has 86 valence electrons. The van der Waals surface area contributed by atoms with Crippen molar-refractivity contribution >= 4 is 5.65 Å². The summed E-state index contributed by atoms with van der Waals surface area (Å²) in [5.41, 5.74) is 0.503. The Hall–Kier alpha value is -1.69. The third-order valence-corrected chi connectivity index (χ3v) is 2.44. The highest BCUT2D eigenvalue weighted by Crippen LogP contribution is 1.95. The summed E-state index contributed by atoms with van der Waals surface area (Å²) in [5.74, 6) is 0. The van der Waals surface area contributed by atoms with E-state index >= 15 is 0 Å². The molecule has 0 saturated carbocycles. The van der Waals surface area contributed by atoms with Gasteiger partial charge in [0.1, 0.15) is 0 Å². The van der Waals surface area contributed by atoms with Gasteiger partial charge in [-0.1, -0.05) is 0 Å². The monoisotopic (exact) mass is 221 g/mol. The van der Waals surface area contributed by atoms with Crippen LogP contribution >= 0.6 is 0 Å². The Bertz CT molecular complexity index is 515. The minimum atomic E-state index is -0.0955. The highest BCUT2D eigenvalue weighted by atomic mass is 16.2. The van der Waals surface area contributed by atoms with E-state index in [-0.39, 0.29) is 5.69 Å². The molecular formula is C10H15N5O. The maximum atomic E-state index is 11.8. The standard InChI is InChI=1S/C10H15N5O/c1-11-4-2-3-6-15-10(16)14-7-5-12-8-9(14)13-15/h5,7-8,11H,2-4,6H2,1H3. The van der Waals surface area contributed by atoms with Crippen molar-refractivity contribution in [2.45, 2.75) is 19.4 Å². The second-order valence-corrected chi connectivity index (χ2v) is 3.62. The quantitative estimate of drug-likeness (QED) is 0.716. The Labute approximate surface area is 92.9 Å². The summed E-state index contributed by atoms with van der Waals surface area (Å²) in [4.78, 5) is 15.7. The Balaban J connectivity index is 2.13. The molecule has 2 rings (SSSR count). The number of nitrogens with zero attached hydrogens (tertiary/aromatic N) is 4. The first-order chi connectivity index (χ1) is 7.83. The molecule has 0 aliphatic carbocycles. The third-order valence-electron chi connectivity index (χ3n) is 2.44. The maximum Gasteiger partial charge on any atom is 0.350 e. The molecule has 0 atom stereocenters. The summed E-state index contributed by atoms with van der Waals surface area (Å²) in [6.45, 7) is 1.62. The molecule has 0 aliphatic rings. The van der Waals surface area contributed by atoms with Crippen molar-refractivity contribution in [1.29, 1.82) is 0 Å². The van der Waals surface area contributed by atoms with Crippen LogP contribution in [0, 0.1) is 0 Å². The van der Waals surface area contributed by atoms with E-state index in [2.05, 4.69) is 15.4 Å². The molecule has 0 radical (unpaired) electrons. The molecule has 0 aliphatic heterocycles. The first-order valence-corrected chi connectivity index (χ1v) is 5.36. The minimum absolute atomic E-state index is 0.0955. The van der Waals surface area contributed by atoms with Crippen LogP contribution < -0.4 is 11.0 Å². The molecule has 0 aromatic carbocycles. The first kappa shape index (κ1) is 10.8. The number of unbranched alkanes of at least 4 members (excludes halogenated alkanes) is 1. The highest BCUT2D eigenvalue weighted by molar-refractivity contribution is 5.31. The molecule has 0 unspecified atom stereocenters. The number of fused-ring (bicyclic) bond motifs is 1. The maximum absolute atomic E-state index is 11.8. The molecular weight excluding hydrogens is 206 g/mol. The molecule has 16 heavy (non-hydrogen) atoms. The fourth-order valence-electron chi connectivity index (χ4n) is 1.59. The zero-order valence-corrected chi connectivity index (χ0v) is 9.26. The van der Waals surface area contributed by atoms with Gasteiger partial charge in [0.05, 0.1) is 6.20 Å². The third kappa shape index (κ3) is 2.11. The van der Waals surface area contributed by atoms with Gasteiger partial charge < -0.3 is 5.32 Å². The average Bonchev–Trinajstić information content (AvgIpc) is 2.63. The second-order valence-electron chi connectivity index (χ2n) is 3.62. The molecule has 0 fully saturated rings. The molecule has 2 aromatic heterocycles. The van der Waals surface area contributed by atoms with Gasteiger partial charge in [0.2, 0.25) is 0 Å². The summed E-state index contributed by atoms with van der Waals surface area (Å²) in [7, 11) is 1.92. The largest absolute Gasteiger partial charge is 0.350 e. The Kier molecular flexibility index (Phi) is 3.31. The van der Waals surface area contributed by atoms with Gasteiger partial charge in [-0.15, -0.1) is 5.10 Å². The van der Waals surface area contributed by atoms with Crippen molar-refractivity contribution in [2.75, 3.05) is 13.6 Å². The Morgan fingerprint density at radius 1 is 1.44 bits per heavy atom. The van der Waals surface area contributed by atoms with Crippen molar-refractivity contribution in [3.63, 3.8) is 0 Å². The van der Waals surface area contributed by atoms with E-state index in [0.29, 0.717) is 12.2 Å². The fraction of sp³-hybridized carbons (Fsp3) is 0.500. The van der Waals surface area contributed by atoms with Gasteiger partial charge in [-0.2, -0.15) is 0 Å². The molecule has 0 bridgehead atoms. The summed E-state index contributed by atoms with van der Waals surface area (Å²) in [6.07, 6.45) is 6.79. The Morgan fingerprint density at radius 2 is 2.31 bits per heavy atom. The number of aryl methyl sites for hydroxylation is 1. The first-order valence-electron chi connectivity index (χ1n) is 5.36. The van der Waals surface area contributed by atoms with Gasteiger partial charge in [0.15, 0.2) is 5.65 Å². The van der Waals surface area contributed by atoms with Crippen LogP contribution in [0.3, 0.4) is 0 Å². The fourth-order valence-corrected chi connectivity index (χ4v) is 1.59. The van der Waals surface area contributed by atoms with Gasteiger partial charge in [-0.3, -0.25) is 4.98 Å². The molecule has 2 aromatic rings. The van der Waals surface area contributed by atoms with Crippen LogP contribution in [0.2, 0.25) is 0 Å². The predicted octanol–water partition coefficient (Wildman–Crippen LogP) is -0.109. The summed E-state index contributed by atoms with van der Waals surface area (Å²) in [6, 6.07) is 0. The molecule has 6 nitrogen and oxygen atoms in total. The van der Waals surface area contributed by atoms with E-state index in [9.17, 15) is 4.79 Å². The minimum Gasteiger partial charge on any atom is -0.320 e. The van der Waals surface area contributed by atoms with E-state index in [1.165, 1.54) is 9.08 Å². The molecule has 2 heterocycles. The summed E-state index contributed by atoms with van der Waals surface area (Å²) >= 11 is 0. The van der Waals surface area contributed by atoms with Crippen LogP contribution in [0.5, 0.6) is 0 Å². The van der Waals surface area contributed by atoms with Crippen molar-refractivity contribution in [3.05, 3.63) is 29.1 Å². The normalized spacial score (nSPS) is 11.1. The average molecular weight is 221 g/mol. The van der Waals surface area contributed by atoms with E-state index < -0.39 is 0 Å². The highest BCUT2D eigenvalue weighted by Gasteiger charge is 2.04. The van der Waals surface area contributed by atoms with Gasteiger partial charge in [0, 0.05) is 18.9 Å². The van der Waals surface area contributed by atoms with E-state index in [4.69, 9.17) is 0 Å². The molecule has 0 spiro atoms. The lowest BCUT2D eigenvalue weighted by Crippen LogP contribution is -2.21. The van der Waals surface area contributed by atoms with Gasteiger partial charge >= 0.3 is 5.69 Å². The number of aromatic nitrogens is 4. The van der Waals surface area contributed by atoms with Crippen LogP contribution in [0.1, 0.15) is 12.8 Å². The van der Waals surface area contributed by atoms with Crippen LogP contribution in [0.25, 0.3) is 5.65 Å². The number of hydrogen-bond acceptors (Lipinski definition) is 4. The molecule has 0 saturated heterocycles. The van der Waals surface area contributed by atoms with E-state index in [0.717, 1.165) is 19.4 Å². The zero-order valence-electron chi connectivity index (χ0n) is 9.26. The summed E-state index contributed by atoms with van der Waals surface area (Å²) in [5, 5.41) is 7.27. The van der Waals surface area contributed by atoms with Crippen molar-refractivity contribution in [2.24, 2.45) is 0 Å². The van der Waals surface area contributed by atoms with E-state index in [1.54, 1.807) is 18.6 Å². The lowest BCUT2D eigenvalue weighted by atomic mass is 10.3. The molecule has 0 amide bonds. The van der Waals surface area contributed by atoms with Crippen molar-refractivity contribution in [3.8, 4) is 0 Å². The topological polar surface area (TPSA) is 64.2 Å². The van der Waals surface area contributed by atoms with Gasteiger partial charge in [-0.05, 0) is 26.4 Å². The zero-order chi connectivity index (χ0) is 11.4. The summed E-state index contributed by atoms with van der Waals surface area (Å²) < 4.78 is 3.00. The van der Waals surface area contributed by atoms with Crippen LogP contribution in [0.4, 0.5) is 0 Å². The smallest absolute Gasteiger partial charge is 0.320 e. The number of nitrogens with one attached hydrogen (secondary N) is 1. The van der Waals surface area contributed by atoms with Gasteiger partial charge in [0.25, 0.3) is 0 Å². The van der Waals surface area contributed by atoms with Gasteiger partial charge in [-0.25, -0.2) is 13.9 Å². The SMILES string of the molecule is CNCCCCn1nc2cnccn2c1=O. The van der Waals surface area contributed by atoms with Crippen LogP contribution in [-0.4, -0.2) is 32.8 Å². The van der Waals surface area contributed by atoms with E-state index in [1.807, 2.05) is 7.05 Å². The molecule has 1 N–H and O–H groups in total. The predicted molar refractivity (Wildman–Crippen MR) is 60.4 cm³/mol. The van der Waals surface area contributed by atoms with Crippen molar-refractivity contribution in [1.82, 2.24) is 24.5 Å². The Morgan fingerprint density at radius 3 is 3.06 bits per heavy atom. The number of hydrogen-bond donors (Lipinski definition) is 1. The molecule has 6 heteroatoms. The van der Waals surface area contributed by atoms with Crippen LogP contribution in [0.15, 0.2) is 23.4 Å². The van der Waals surface area contributed by atoms with Crippen molar-refractivity contribution < 1.29 is 0 Å². The second kappa shape index (κ2) is 4.89. The lowest BCUT2D eigenvalue weighted by molar-refractivity contribution is 0.534.